The van der Waals surface area contributed by atoms with Gasteiger partial charge in [-0.3, -0.25) is 0 Å². The third-order valence-corrected chi connectivity index (χ3v) is 3.52. The van der Waals surface area contributed by atoms with E-state index in [1.54, 1.807) is 0 Å². The highest BCUT2D eigenvalue weighted by molar-refractivity contribution is 5.11. The number of rotatable bonds is 3. The Kier molecular flexibility index (Phi) is 3.47. The van der Waals surface area contributed by atoms with Gasteiger partial charge in [0, 0.05) is 5.92 Å². The largest absolute Gasteiger partial charge is 0.466 e. The lowest BCUT2D eigenvalue weighted by atomic mass is 9.82. The molecule has 2 heteroatoms. The molecule has 1 aromatic rings. The first-order valence-electron chi connectivity index (χ1n) is 6.08. The summed E-state index contributed by atoms with van der Waals surface area (Å²) in [5.74, 6) is 3.67. The van der Waals surface area contributed by atoms with Crippen molar-refractivity contribution in [2.45, 2.75) is 39.0 Å². The second kappa shape index (κ2) is 4.84. The average Bonchev–Trinajstić information content (AvgIpc) is 2.68. The van der Waals surface area contributed by atoms with E-state index >= 15 is 0 Å². The van der Waals surface area contributed by atoms with Crippen molar-refractivity contribution in [1.82, 2.24) is 5.32 Å². The van der Waals surface area contributed by atoms with E-state index in [9.17, 15) is 0 Å². The minimum Gasteiger partial charge on any atom is -0.466 e. The van der Waals surface area contributed by atoms with Crippen molar-refractivity contribution in [2.75, 3.05) is 13.1 Å². The van der Waals surface area contributed by atoms with Crippen molar-refractivity contribution >= 4 is 0 Å². The fraction of sp³-hybridized carbons (Fsp3) is 0.692. The summed E-state index contributed by atoms with van der Waals surface area (Å²) in [6, 6.07) is 4.24. The summed E-state index contributed by atoms with van der Waals surface area (Å²) in [7, 11) is 0. The molecule has 0 spiro atoms. The second-order valence-corrected chi connectivity index (χ2v) is 4.55. The minimum absolute atomic E-state index is 0.626. The lowest BCUT2D eigenvalue weighted by Gasteiger charge is -2.28. The summed E-state index contributed by atoms with van der Waals surface area (Å²) < 4.78 is 5.77. The van der Waals surface area contributed by atoms with Crippen molar-refractivity contribution in [3.63, 3.8) is 0 Å². The first-order valence-corrected chi connectivity index (χ1v) is 6.08. The normalized spacial score (nSPS) is 20.4. The third kappa shape index (κ3) is 2.43. The van der Waals surface area contributed by atoms with Crippen molar-refractivity contribution in [2.24, 2.45) is 5.92 Å². The lowest BCUT2D eigenvalue weighted by molar-refractivity contribution is 0.279. The molecular formula is C13H21NO. The number of aryl methyl sites for hydroxylation is 1. The Labute approximate surface area is 92.1 Å². The predicted molar refractivity (Wildman–Crippen MR) is 62.1 cm³/mol. The number of furan rings is 1. The highest BCUT2D eigenvalue weighted by Gasteiger charge is 2.25. The molecule has 1 saturated heterocycles. The predicted octanol–water partition coefficient (Wildman–Crippen LogP) is 3.08. The standard InChI is InChI=1S/C13H21NO/c1-3-12(11-6-8-14-9-7-11)13-5-4-10(2)15-13/h4-5,11-12,14H,3,6-9H2,1-2H3. The van der Waals surface area contributed by atoms with E-state index in [-0.39, 0.29) is 0 Å². The van der Waals surface area contributed by atoms with Crippen LogP contribution in [0, 0.1) is 12.8 Å². The number of hydrogen-bond acceptors (Lipinski definition) is 2. The highest BCUT2D eigenvalue weighted by atomic mass is 16.3. The molecule has 0 aliphatic carbocycles. The zero-order valence-corrected chi connectivity index (χ0v) is 9.75. The molecule has 1 unspecified atom stereocenters. The van der Waals surface area contributed by atoms with Crippen LogP contribution < -0.4 is 5.32 Å². The molecule has 0 bridgehead atoms. The summed E-state index contributed by atoms with van der Waals surface area (Å²) in [5, 5.41) is 3.42. The van der Waals surface area contributed by atoms with Crippen LogP contribution in [0.4, 0.5) is 0 Å². The zero-order valence-electron chi connectivity index (χ0n) is 9.75. The van der Waals surface area contributed by atoms with Gasteiger partial charge in [0.05, 0.1) is 0 Å². The Morgan fingerprint density at radius 1 is 1.40 bits per heavy atom. The van der Waals surface area contributed by atoms with Crippen LogP contribution in [0.1, 0.15) is 43.6 Å². The van der Waals surface area contributed by atoms with E-state index in [1.807, 2.05) is 6.92 Å². The fourth-order valence-corrected chi connectivity index (χ4v) is 2.67. The molecule has 1 N–H and O–H groups in total. The number of hydrogen-bond donors (Lipinski definition) is 1. The Balaban J connectivity index is 2.08. The summed E-state index contributed by atoms with van der Waals surface area (Å²) in [4.78, 5) is 0. The molecule has 0 aromatic carbocycles. The smallest absolute Gasteiger partial charge is 0.107 e. The third-order valence-electron chi connectivity index (χ3n) is 3.52. The van der Waals surface area contributed by atoms with E-state index in [4.69, 9.17) is 4.42 Å². The Hall–Kier alpha value is -0.760. The molecular weight excluding hydrogens is 186 g/mol. The number of nitrogens with one attached hydrogen (secondary N) is 1. The Bertz CT molecular complexity index is 299. The van der Waals surface area contributed by atoms with Gasteiger partial charge in [-0.1, -0.05) is 6.92 Å². The van der Waals surface area contributed by atoms with Crippen LogP contribution in [0.25, 0.3) is 0 Å². The quantitative estimate of drug-likeness (QED) is 0.824. The summed E-state index contributed by atoms with van der Waals surface area (Å²) in [5.41, 5.74) is 0. The van der Waals surface area contributed by atoms with E-state index in [1.165, 1.54) is 38.1 Å². The van der Waals surface area contributed by atoms with E-state index < -0.39 is 0 Å². The molecule has 15 heavy (non-hydrogen) atoms. The van der Waals surface area contributed by atoms with Crippen LogP contribution in [-0.4, -0.2) is 13.1 Å². The molecule has 84 valence electrons. The first kappa shape index (κ1) is 10.7. The van der Waals surface area contributed by atoms with Crippen molar-refractivity contribution in [3.05, 3.63) is 23.7 Å². The topological polar surface area (TPSA) is 25.2 Å². The summed E-state index contributed by atoms with van der Waals surface area (Å²) in [6.45, 7) is 6.63. The molecule has 0 amide bonds. The van der Waals surface area contributed by atoms with Crippen molar-refractivity contribution in [1.29, 1.82) is 0 Å². The average molecular weight is 207 g/mol. The molecule has 1 fully saturated rings. The van der Waals surface area contributed by atoms with Crippen molar-refractivity contribution in [3.8, 4) is 0 Å². The SMILES string of the molecule is CCC(c1ccc(C)o1)C1CCNCC1. The molecule has 0 radical (unpaired) electrons. The molecule has 2 rings (SSSR count). The van der Waals surface area contributed by atoms with Gasteiger partial charge in [0.2, 0.25) is 0 Å². The monoisotopic (exact) mass is 207 g/mol. The van der Waals surface area contributed by atoms with Gasteiger partial charge in [-0.15, -0.1) is 0 Å². The van der Waals surface area contributed by atoms with Gasteiger partial charge in [0.1, 0.15) is 11.5 Å². The Morgan fingerprint density at radius 3 is 2.67 bits per heavy atom. The molecule has 1 aliphatic heterocycles. The van der Waals surface area contributed by atoms with Gasteiger partial charge in [-0.2, -0.15) is 0 Å². The van der Waals surface area contributed by atoms with Crippen LogP contribution in [-0.2, 0) is 0 Å². The molecule has 2 nitrogen and oxygen atoms in total. The summed E-state index contributed by atoms with van der Waals surface area (Å²) >= 11 is 0. The maximum absolute atomic E-state index is 5.77. The highest BCUT2D eigenvalue weighted by Crippen LogP contribution is 2.34. The lowest BCUT2D eigenvalue weighted by Crippen LogP contribution is -2.30. The molecule has 1 aliphatic rings. The molecule has 2 heterocycles. The fourth-order valence-electron chi connectivity index (χ4n) is 2.67. The van der Waals surface area contributed by atoms with Crippen LogP contribution in [0.15, 0.2) is 16.5 Å². The van der Waals surface area contributed by atoms with Crippen molar-refractivity contribution < 1.29 is 4.42 Å². The van der Waals surface area contributed by atoms with Crippen LogP contribution in [0.3, 0.4) is 0 Å². The van der Waals surface area contributed by atoms with Gasteiger partial charge in [0.25, 0.3) is 0 Å². The number of piperidine rings is 1. The summed E-state index contributed by atoms with van der Waals surface area (Å²) in [6.07, 6.45) is 3.77. The molecule has 1 aromatic heterocycles. The van der Waals surface area contributed by atoms with Gasteiger partial charge in [-0.05, 0) is 57.3 Å². The van der Waals surface area contributed by atoms with Gasteiger partial charge in [0.15, 0.2) is 0 Å². The maximum atomic E-state index is 5.77. The van der Waals surface area contributed by atoms with Crippen LogP contribution >= 0.6 is 0 Å². The van der Waals surface area contributed by atoms with E-state index in [0.717, 1.165) is 11.7 Å². The molecule has 0 saturated carbocycles. The van der Waals surface area contributed by atoms with E-state index in [0.29, 0.717) is 5.92 Å². The second-order valence-electron chi connectivity index (χ2n) is 4.55. The zero-order chi connectivity index (χ0) is 10.7. The minimum atomic E-state index is 0.626. The van der Waals surface area contributed by atoms with Gasteiger partial charge >= 0.3 is 0 Å². The maximum Gasteiger partial charge on any atom is 0.107 e. The van der Waals surface area contributed by atoms with Gasteiger partial charge < -0.3 is 9.73 Å². The molecule has 1 atom stereocenters. The Morgan fingerprint density at radius 2 is 2.13 bits per heavy atom. The van der Waals surface area contributed by atoms with Crippen LogP contribution in [0.2, 0.25) is 0 Å². The van der Waals surface area contributed by atoms with E-state index in [2.05, 4.69) is 24.4 Å². The van der Waals surface area contributed by atoms with Crippen LogP contribution in [0.5, 0.6) is 0 Å². The van der Waals surface area contributed by atoms with Gasteiger partial charge in [-0.25, -0.2) is 0 Å². The first-order chi connectivity index (χ1) is 7.31.